The van der Waals surface area contributed by atoms with Crippen molar-refractivity contribution in [3.05, 3.63) is 59.8 Å². The summed E-state index contributed by atoms with van der Waals surface area (Å²) in [6, 6.07) is 13.8. The Kier molecular flexibility index (Phi) is 4.36. The topological polar surface area (TPSA) is 56.0 Å². The van der Waals surface area contributed by atoms with Gasteiger partial charge in [0.25, 0.3) is 0 Å². The van der Waals surface area contributed by atoms with Crippen molar-refractivity contribution in [3.63, 3.8) is 0 Å². The Morgan fingerprint density at radius 2 is 1.83 bits per heavy atom. The normalized spacial score (nSPS) is 10.2. The van der Waals surface area contributed by atoms with Crippen LogP contribution in [0.3, 0.4) is 0 Å². The van der Waals surface area contributed by atoms with E-state index in [-0.39, 0.29) is 5.91 Å². The molecule has 0 radical (unpaired) electrons. The maximum absolute atomic E-state index is 10.8. The average Bonchev–Trinajstić information content (AvgIpc) is 2.38. The van der Waals surface area contributed by atoms with Crippen molar-refractivity contribution in [2.24, 2.45) is 5.73 Å². The van der Waals surface area contributed by atoms with Gasteiger partial charge in [-0.1, -0.05) is 30.3 Å². The van der Waals surface area contributed by atoms with Crippen molar-refractivity contribution in [2.75, 3.05) is 0 Å². The molecule has 0 fully saturated rings. The van der Waals surface area contributed by atoms with Gasteiger partial charge in [0.1, 0.15) is 0 Å². The number of carbonyl (C=O) groups is 1. The lowest BCUT2D eigenvalue weighted by atomic mass is 10.1. The first-order valence-electron chi connectivity index (χ1n) is 5.64. The highest BCUT2D eigenvalue weighted by Crippen LogP contribution is 2.20. The highest BCUT2D eigenvalue weighted by molar-refractivity contribution is 7.98. The number of hydrogen-bond acceptors (Lipinski definition) is 3. The third kappa shape index (κ3) is 3.89. The Morgan fingerprint density at radius 3 is 2.44 bits per heavy atom. The molecule has 2 aromatic rings. The summed E-state index contributed by atoms with van der Waals surface area (Å²) in [5.74, 6) is 0.569. The fourth-order valence-electron chi connectivity index (χ4n) is 1.54. The van der Waals surface area contributed by atoms with Crippen LogP contribution in [-0.4, -0.2) is 10.9 Å². The molecule has 0 bridgehead atoms. The van der Waals surface area contributed by atoms with Crippen LogP contribution < -0.4 is 5.73 Å². The number of pyridine rings is 1. The van der Waals surface area contributed by atoms with Crippen LogP contribution in [0, 0.1) is 0 Å². The molecule has 0 unspecified atom stereocenters. The van der Waals surface area contributed by atoms with E-state index in [0.717, 1.165) is 16.3 Å². The zero-order valence-corrected chi connectivity index (χ0v) is 10.7. The van der Waals surface area contributed by atoms with Crippen LogP contribution >= 0.6 is 11.8 Å². The number of aromatic nitrogens is 1. The van der Waals surface area contributed by atoms with Crippen molar-refractivity contribution in [1.82, 2.24) is 4.98 Å². The lowest BCUT2D eigenvalue weighted by molar-refractivity contribution is -0.117. The van der Waals surface area contributed by atoms with Crippen LogP contribution in [0.4, 0.5) is 0 Å². The van der Waals surface area contributed by atoms with Gasteiger partial charge in [-0.3, -0.25) is 4.79 Å². The first-order chi connectivity index (χ1) is 8.74. The number of carbonyl (C=O) groups excluding carboxylic acids is 1. The highest BCUT2D eigenvalue weighted by atomic mass is 32.2. The van der Waals surface area contributed by atoms with E-state index < -0.39 is 0 Å². The number of primary amides is 1. The molecule has 0 aliphatic rings. The Morgan fingerprint density at radius 1 is 1.11 bits per heavy atom. The predicted octanol–water partition coefficient (Wildman–Crippen LogP) is 2.40. The second-order valence-corrected chi connectivity index (χ2v) is 4.91. The van der Waals surface area contributed by atoms with Crippen LogP contribution in [0.2, 0.25) is 0 Å². The third-order valence-corrected chi connectivity index (χ3v) is 3.44. The van der Waals surface area contributed by atoms with Gasteiger partial charge in [0, 0.05) is 11.9 Å². The fourth-order valence-corrected chi connectivity index (χ4v) is 2.36. The average molecular weight is 258 g/mol. The number of thioether (sulfide) groups is 1. The molecule has 0 spiro atoms. The zero-order chi connectivity index (χ0) is 12.8. The second kappa shape index (κ2) is 6.21. The van der Waals surface area contributed by atoms with E-state index >= 15 is 0 Å². The maximum Gasteiger partial charge on any atom is 0.221 e. The van der Waals surface area contributed by atoms with Gasteiger partial charge in [0.15, 0.2) is 0 Å². The van der Waals surface area contributed by atoms with E-state index in [0.29, 0.717) is 6.42 Å². The van der Waals surface area contributed by atoms with E-state index in [1.807, 2.05) is 42.5 Å². The number of nitrogens with two attached hydrogens (primary N) is 1. The Hall–Kier alpha value is -1.81. The van der Waals surface area contributed by atoms with Gasteiger partial charge >= 0.3 is 0 Å². The second-order valence-electron chi connectivity index (χ2n) is 3.92. The van der Waals surface area contributed by atoms with Gasteiger partial charge in [-0.25, -0.2) is 4.98 Å². The molecule has 0 saturated carbocycles. The SMILES string of the molecule is NC(=O)Cc1ccc(CSc2ccccn2)cc1. The highest BCUT2D eigenvalue weighted by Gasteiger charge is 2.00. The van der Waals surface area contributed by atoms with Gasteiger partial charge in [-0.2, -0.15) is 0 Å². The summed E-state index contributed by atoms with van der Waals surface area (Å²) in [7, 11) is 0. The molecular formula is C14H14N2OS. The van der Waals surface area contributed by atoms with E-state index in [1.54, 1.807) is 18.0 Å². The standard InChI is InChI=1S/C14H14N2OS/c15-13(17)9-11-4-6-12(7-5-11)10-18-14-3-1-2-8-16-14/h1-8H,9-10H2,(H2,15,17). The molecule has 0 saturated heterocycles. The van der Waals surface area contributed by atoms with E-state index in [1.165, 1.54) is 5.56 Å². The number of nitrogens with zero attached hydrogens (tertiary/aromatic N) is 1. The molecule has 92 valence electrons. The van der Waals surface area contributed by atoms with Gasteiger partial charge in [0.05, 0.1) is 11.4 Å². The minimum absolute atomic E-state index is 0.299. The molecule has 0 aliphatic heterocycles. The zero-order valence-electron chi connectivity index (χ0n) is 9.87. The predicted molar refractivity (Wildman–Crippen MR) is 73.1 cm³/mol. The van der Waals surface area contributed by atoms with Crippen LogP contribution in [0.5, 0.6) is 0 Å². The minimum atomic E-state index is -0.300. The number of hydrogen-bond donors (Lipinski definition) is 1. The fraction of sp³-hybridized carbons (Fsp3) is 0.143. The monoisotopic (exact) mass is 258 g/mol. The van der Waals surface area contributed by atoms with Crippen LogP contribution in [0.1, 0.15) is 11.1 Å². The van der Waals surface area contributed by atoms with Gasteiger partial charge in [-0.15, -0.1) is 11.8 Å². The third-order valence-electron chi connectivity index (χ3n) is 2.43. The minimum Gasteiger partial charge on any atom is -0.369 e. The van der Waals surface area contributed by atoms with E-state index in [2.05, 4.69) is 4.98 Å². The summed E-state index contributed by atoms with van der Waals surface area (Å²) in [4.78, 5) is 15.0. The smallest absolute Gasteiger partial charge is 0.221 e. The molecule has 2 N–H and O–H groups in total. The lowest BCUT2D eigenvalue weighted by Gasteiger charge is -2.03. The molecule has 3 nitrogen and oxygen atoms in total. The summed E-state index contributed by atoms with van der Waals surface area (Å²) in [6.07, 6.45) is 2.09. The Bertz CT molecular complexity index is 511. The molecule has 1 aromatic carbocycles. The summed E-state index contributed by atoms with van der Waals surface area (Å²) >= 11 is 1.69. The first-order valence-corrected chi connectivity index (χ1v) is 6.62. The maximum atomic E-state index is 10.8. The van der Waals surface area contributed by atoms with Crippen LogP contribution in [0.15, 0.2) is 53.7 Å². The molecule has 4 heteroatoms. The lowest BCUT2D eigenvalue weighted by Crippen LogP contribution is -2.13. The van der Waals surface area contributed by atoms with Crippen molar-refractivity contribution in [1.29, 1.82) is 0 Å². The molecule has 18 heavy (non-hydrogen) atoms. The molecule has 0 aliphatic carbocycles. The summed E-state index contributed by atoms with van der Waals surface area (Å²) in [6.45, 7) is 0. The van der Waals surface area contributed by atoms with Crippen molar-refractivity contribution in [2.45, 2.75) is 17.2 Å². The van der Waals surface area contributed by atoms with Gasteiger partial charge in [-0.05, 0) is 23.3 Å². The molecule has 1 aromatic heterocycles. The summed E-state index contributed by atoms with van der Waals surface area (Å²) in [5, 5.41) is 1.01. The van der Waals surface area contributed by atoms with E-state index in [9.17, 15) is 4.79 Å². The molecule has 0 atom stereocenters. The Balaban J connectivity index is 1.92. The van der Waals surface area contributed by atoms with Crippen molar-refractivity contribution >= 4 is 17.7 Å². The number of benzene rings is 1. The summed E-state index contributed by atoms with van der Waals surface area (Å²) in [5.41, 5.74) is 7.31. The molecule has 1 amide bonds. The van der Waals surface area contributed by atoms with Gasteiger partial charge in [0.2, 0.25) is 5.91 Å². The molecule has 1 heterocycles. The molecule has 2 rings (SSSR count). The molecular weight excluding hydrogens is 244 g/mol. The first kappa shape index (κ1) is 12.6. The largest absolute Gasteiger partial charge is 0.369 e. The quantitative estimate of drug-likeness (QED) is 0.838. The van der Waals surface area contributed by atoms with Crippen LogP contribution in [0.25, 0.3) is 0 Å². The summed E-state index contributed by atoms with van der Waals surface area (Å²) < 4.78 is 0. The van der Waals surface area contributed by atoms with Crippen LogP contribution in [-0.2, 0) is 17.0 Å². The van der Waals surface area contributed by atoms with Crippen molar-refractivity contribution in [3.8, 4) is 0 Å². The number of rotatable bonds is 5. The van der Waals surface area contributed by atoms with Crippen molar-refractivity contribution < 1.29 is 4.79 Å². The number of amides is 1. The Labute approximate surface area is 110 Å². The van der Waals surface area contributed by atoms with Gasteiger partial charge < -0.3 is 5.73 Å². The van der Waals surface area contributed by atoms with E-state index in [4.69, 9.17) is 5.73 Å².